The Hall–Kier alpha value is -2.38. The minimum absolute atomic E-state index is 0.0456. The summed E-state index contributed by atoms with van der Waals surface area (Å²) in [6.07, 6.45) is 4.99. The molecule has 1 aliphatic heterocycles. The lowest BCUT2D eigenvalue weighted by atomic mass is 9.75. The minimum atomic E-state index is -0.245. The van der Waals surface area contributed by atoms with Crippen LogP contribution >= 0.6 is 0 Å². The van der Waals surface area contributed by atoms with Crippen molar-refractivity contribution in [2.24, 2.45) is 13.0 Å². The smallest absolute Gasteiger partial charge is 0.234 e. The lowest BCUT2D eigenvalue weighted by molar-refractivity contribution is -0.124. The summed E-state index contributed by atoms with van der Waals surface area (Å²) in [5.41, 5.74) is 3.54. The zero-order valence-corrected chi connectivity index (χ0v) is 17.3. The number of rotatable bonds is 6. The van der Waals surface area contributed by atoms with Gasteiger partial charge in [0, 0.05) is 50.7 Å². The van der Waals surface area contributed by atoms with Crippen LogP contribution in [0.25, 0.3) is 0 Å². The molecule has 1 amide bonds. The number of aryl methyl sites for hydroxylation is 2. The summed E-state index contributed by atoms with van der Waals surface area (Å²) < 4.78 is 1.76. The molecule has 1 saturated carbocycles. The molecular weight excluding hydrogens is 366 g/mol. The van der Waals surface area contributed by atoms with Crippen molar-refractivity contribution in [3.8, 4) is 0 Å². The summed E-state index contributed by atoms with van der Waals surface area (Å²) in [4.78, 5) is 17.4. The summed E-state index contributed by atoms with van der Waals surface area (Å²) in [5.74, 6) is 0.320. The van der Waals surface area contributed by atoms with E-state index in [1.807, 2.05) is 19.4 Å². The van der Waals surface area contributed by atoms with Crippen molar-refractivity contribution in [3.63, 3.8) is 0 Å². The van der Waals surface area contributed by atoms with Crippen LogP contribution in [0.2, 0.25) is 0 Å². The molecule has 2 fully saturated rings. The topological polar surface area (TPSA) is 73.6 Å². The zero-order chi connectivity index (χ0) is 20.4. The van der Waals surface area contributed by atoms with Crippen LogP contribution in [0.5, 0.6) is 0 Å². The molecule has 1 unspecified atom stereocenters. The molecule has 7 heteroatoms. The number of carbonyl (C=O) groups is 1. The maximum atomic E-state index is 12.8. The first-order chi connectivity index (χ1) is 14.0. The SMILES string of the molecule is Cc1cccc(N2CCN(CC(=O)NC(c3cnn(C)c3)C3CC(O)C3)CC2)c1. The average molecular weight is 398 g/mol. The van der Waals surface area contributed by atoms with Crippen molar-refractivity contribution in [1.82, 2.24) is 20.0 Å². The fourth-order valence-corrected chi connectivity index (χ4v) is 4.39. The predicted molar refractivity (Wildman–Crippen MR) is 113 cm³/mol. The normalized spacial score (nSPS) is 23.5. The molecule has 0 spiro atoms. The van der Waals surface area contributed by atoms with Crippen LogP contribution in [0.4, 0.5) is 5.69 Å². The van der Waals surface area contributed by atoms with Gasteiger partial charge in [0.05, 0.1) is 24.9 Å². The highest BCUT2D eigenvalue weighted by atomic mass is 16.3. The third-order valence-corrected chi connectivity index (χ3v) is 6.13. The van der Waals surface area contributed by atoms with Crippen LogP contribution in [-0.2, 0) is 11.8 Å². The van der Waals surface area contributed by atoms with Crippen LogP contribution in [0.15, 0.2) is 36.7 Å². The quantitative estimate of drug-likeness (QED) is 0.772. The Morgan fingerprint density at radius 1 is 1.28 bits per heavy atom. The Balaban J connectivity index is 1.31. The molecule has 156 valence electrons. The number of aliphatic hydroxyl groups is 1. The number of nitrogens with one attached hydrogen (secondary N) is 1. The molecule has 7 nitrogen and oxygen atoms in total. The highest BCUT2D eigenvalue weighted by molar-refractivity contribution is 5.78. The fourth-order valence-electron chi connectivity index (χ4n) is 4.39. The van der Waals surface area contributed by atoms with Gasteiger partial charge in [-0.15, -0.1) is 0 Å². The van der Waals surface area contributed by atoms with Gasteiger partial charge in [-0.2, -0.15) is 5.10 Å². The third kappa shape index (κ3) is 4.79. The first-order valence-corrected chi connectivity index (χ1v) is 10.5. The average Bonchev–Trinajstić information content (AvgIpc) is 3.11. The van der Waals surface area contributed by atoms with Gasteiger partial charge in [0.2, 0.25) is 5.91 Å². The first kappa shape index (κ1) is 19.9. The maximum absolute atomic E-state index is 12.8. The maximum Gasteiger partial charge on any atom is 0.234 e. The minimum Gasteiger partial charge on any atom is -0.393 e. The van der Waals surface area contributed by atoms with E-state index in [4.69, 9.17) is 0 Å². The molecule has 1 atom stereocenters. The number of aromatic nitrogens is 2. The van der Waals surface area contributed by atoms with E-state index in [0.29, 0.717) is 6.54 Å². The number of benzene rings is 1. The lowest BCUT2D eigenvalue weighted by Crippen LogP contribution is -2.50. The van der Waals surface area contributed by atoms with Gasteiger partial charge in [-0.05, 0) is 43.4 Å². The van der Waals surface area contributed by atoms with E-state index in [0.717, 1.165) is 44.6 Å². The van der Waals surface area contributed by atoms with Gasteiger partial charge in [0.25, 0.3) is 0 Å². The van der Waals surface area contributed by atoms with Gasteiger partial charge in [0.1, 0.15) is 0 Å². The van der Waals surface area contributed by atoms with Gasteiger partial charge >= 0.3 is 0 Å². The fraction of sp³-hybridized carbons (Fsp3) is 0.545. The van der Waals surface area contributed by atoms with E-state index < -0.39 is 0 Å². The molecule has 2 aromatic rings. The van der Waals surface area contributed by atoms with E-state index >= 15 is 0 Å². The molecule has 1 aromatic heterocycles. The van der Waals surface area contributed by atoms with E-state index in [1.165, 1.54) is 11.3 Å². The molecular formula is C22H31N5O2. The van der Waals surface area contributed by atoms with Crippen molar-refractivity contribution in [1.29, 1.82) is 0 Å². The number of anilines is 1. The zero-order valence-electron chi connectivity index (χ0n) is 17.3. The first-order valence-electron chi connectivity index (χ1n) is 10.5. The van der Waals surface area contributed by atoms with Gasteiger partial charge < -0.3 is 15.3 Å². The largest absolute Gasteiger partial charge is 0.393 e. The van der Waals surface area contributed by atoms with E-state index in [-0.39, 0.29) is 24.0 Å². The van der Waals surface area contributed by atoms with Crippen LogP contribution < -0.4 is 10.2 Å². The third-order valence-electron chi connectivity index (χ3n) is 6.13. The Bertz CT molecular complexity index is 837. The summed E-state index contributed by atoms with van der Waals surface area (Å²) >= 11 is 0. The molecule has 2 heterocycles. The van der Waals surface area contributed by atoms with Gasteiger partial charge in [0.15, 0.2) is 0 Å². The van der Waals surface area contributed by atoms with Gasteiger partial charge in [-0.1, -0.05) is 12.1 Å². The molecule has 29 heavy (non-hydrogen) atoms. The number of aliphatic hydroxyl groups excluding tert-OH is 1. The van der Waals surface area contributed by atoms with Crippen molar-refractivity contribution in [3.05, 3.63) is 47.8 Å². The molecule has 1 saturated heterocycles. The Morgan fingerprint density at radius 2 is 2.03 bits per heavy atom. The summed E-state index contributed by atoms with van der Waals surface area (Å²) in [6, 6.07) is 8.51. The second kappa shape index (κ2) is 8.55. The lowest BCUT2D eigenvalue weighted by Gasteiger charge is -2.39. The molecule has 2 aliphatic rings. The van der Waals surface area contributed by atoms with Crippen molar-refractivity contribution < 1.29 is 9.90 Å². The molecule has 4 rings (SSSR count). The summed E-state index contributed by atoms with van der Waals surface area (Å²) in [7, 11) is 1.88. The van der Waals surface area contributed by atoms with Gasteiger partial charge in [-0.25, -0.2) is 0 Å². The van der Waals surface area contributed by atoms with Crippen molar-refractivity contribution >= 4 is 11.6 Å². The molecule has 1 aromatic carbocycles. The van der Waals surface area contributed by atoms with Crippen molar-refractivity contribution in [2.45, 2.75) is 31.9 Å². The number of hydrogen-bond donors (Lipinski definition) is 2. The predicted octanol–water partition coefficient (Wildman–Crippen LogP) is 1.48. The van der Waals surface area contributed by atoms with Crippen LogP contribution in [-0.4, -0.2) is 64.5 Å². The highest BCUT2D eigenvalue weighted by Crippen LogP contribution is 2.37. The second-order valence-electron chi connectivity index (χ2n) is 8.48. The van der Waals surface area contributed by atoms with Crippen molar-refractivity contribution in [2.75, 3.05) is 37.6 Å². The van der Waals surface area contributed by atoms with E-state index in [1.54, 1.807) is 4.68 Å². The molecule has 2 N–H and O–H groups in total. The summed E-state index contributed by atoms with van der Waals surface area (Å²) in [5, 5.41) is 17.2. The van der Waals surface area contributed by atoms with E-state index in [9.17, 15) is 9.90 Å². The van der Waals surface area contributed by atoms with Gasteiger partial charge in [-0.3, -0.25) is 14.4 Å². The van der Waals surface area contributed by atoms with Crippen LogP contribution in [0, 0.1) is 12.8 Å². The Kier molecular flexibility index (Phi) is 5.87. The van der Waals surface area contributed by atoms with Crippen LogP contribution in [0.3, 0.4) is 0 Å². The number of piperazine rings is 1. The Morgan fingerprint density at radius 3 is 2.66 bits per heavy atom. The second-order valence-corrected chi connectivity index (χ2v) is 8.48. The number of nitrogens with zero attached hydrogens (tertiary/aromatic N) is 4. The number of hydrogen-bond acceptors (Lipinski definition) is 5. The van der Waals surface area contributed by atoms with Crippen LogP contribution in [0.1, 0.15) is 30.0 Å². The van der Waals surface area contributed by atoms with E-state index in [2.05, 4.69) is 51.4 Å². The number of carbonyl (C=O) groups excluding carboxylic acids is 1. The summed E-state index contributed by atoms with van der Waals surface area (Å²) in [6.45, 7) is 6.13. The molecule has 1 aliphatic carbocycles. The number of amides is 1. The Labute approximate surface area is 172 Å². The molecule has 0 bridgehead atoms. The molecule has 0 radical (unpaired) electrons. The standard InChI is InChI=1S/C22H31N5O2/c1-16-4-3-5-19(10-16)27-8-6-26(7-9-27)15-21(29)24-22(17-11-20(28)12-17)18-13-23-25(2)14-18/h3-5,10,13-14,17,20,22,28H,6-9,11-12,15H2,1-2H3,(H,24,29). The highest BCUT2D eigenvalue weighted by Gasteiger charge is 2.36. The monoisotopic (exact) mass is 397 g/mol.